The van der Waals surface area contributed by atoms with Crippen molar-refractivity contribution in [1.82, 2.24) is 9.97 Å². The molecule has 0 saturated heterocycles. The Balaban J connectivity index is 2.19. The zero-order valence-corrected chi connectivity index (χ0v) is 17.0. The Morgan fingerprint density at radius 1 is 1.34 bits per heavy atom. The van der Waals surface area contributed by atoms with E-state index in [4.69, 9.17) is 15.2 Å². The van der Waals surface area contributed by atoms with E-state index < -0.39 is 23.0 Å². The van der Waals surface area contributed by atoms with Crippen molar-refractivity contribution in [3.05, 3.63) is 29.6 Å². The molecule has 2 N–H and O–H groups in total. The van der Waals surface area contributed by atoms with Gasteiger partial charge in [-0.05, 0) is 29.5 Å². The van der Waals surface area contributed by atoms with Crippen molar-refractivity contribution in [3.8, 4) is 23.1 Å². The van der Waals surface area contributed by atoms with E-state index >= 15 is 0 Å². The first-order valence-electron chi connectivity index (χ1n) is 8.83. The van der Waals surface area contributed by atoms with Gasteiger partial charge in [0.1, 0.15) is 12.1 Å². The Morgan fingerprint density at radius 3 is 2.72 bits per heavy atom. The third-order valence-corrected chi connectivity index (χ3v) is 5.29. The molecule has 1 aromatic heterocycles. The van der Waals surface area contributed by atoms with Gasteiger partial charge in [-0.3, -0.25) is 0 Å². The molecule has 2 aromatic rings. The predicted octanol–water partition coefficient (Wildman–Crippen LogP) is 4.46. The molecule has 0 radical (unpaired) electrons. The third-order valence-electron chi connectivity index (χ3n) is 4.84. The van der Waals surface area contributed by atoms with Gasteiger partial charge in [0, 0.05) is 24.7 Å². The molecule has 29 heavy (non-hydrogen) atoms. The Morgan fingerprint density at radius 2 is 2.07 bits per heavy atom. The molecule has 1 aliphatic rings. The predicted molar refractivity (Wildman–Crippen MR) is 106 cm³/mol. The van der Waals surface area contributed by atoms with Crippen molar-refractivity contribution >= 4 is 23.5 Å². The molecular weight excluding hydrogens is 403 g/mol. The standard InChI is InChI=1S/C19H20F3N5OS/c1-18(2)9-12-11(15-14(18)17(24)26-10-25-15)5-6-13(28-29-19(20,21)22)16(12)27(3)8-4-7-23/h5-6,10H,4,8-9H2,1-3H3,(H2,24,25,26). The topological polar surface area (TPSA) is 88.1 Å². The van der Waals surface area contributed by atoms with Crippen molar-refractivity contribution in [2.75, 3.05) is 24.2 Å². The summed E-state index contributed by atoms with van der Waals surface area (Å²) in [6, 6.07) is 5.25. The summed E-state index contributed by atoms with van der Waals surface area (Å²) in [6.45, 7) is 4.33. The molecule has 0 aliphatic heterocycles. The second-order valence-electron chi connectivity index (χ2n) is 7.42. The Kier molecular flexibility index (Phi) is 5.54. The number of nitrogens with zero attached hydrogens (tertiary/aromatic N) is 4. The minimum atomic E-state index is -4.54. The summed E-state index contributed by atoms with van der Waals surface area (Å²) in [5, 5.41) is 8.93. The van der Waals surface area contributed by atoms with Crippen molar-refractivity contribution in [3.63, 3.8) is 0 Å². The van der Waals surface area contributed by atoms with Crippen molar-refractivity contribution in [1.29, 1.82) is 5.26 Å². The van der Waals surface area contributed by atoms with E-state index in [2.05, 4.69) is 16.0 Å². The molecule has 0 amide bonds. The summed E-state index contributed by atoms with van der Waals surface area (Å²) in [5.74, 6) is 0.478. The molecule has 0 atom stereocenters. The summed E-state index contributed by atoms with van der Waals surface area (Å²) in [4.78, 5) is 10.3. The fourth-order valence-corrected chi connectivity index (χ4v) is 4.04. The van der Waals surface area contributed by atoms with E-state index in [0.717, 1.165) is 16.7 Å². The maximum atomic E-state index is 12.7. The number of aromatic nitrogens is 2. The van der Waals surface area contributed by atoms with Gasteiger partial charge in [-0.15, -0.1) is 0 Å². The zero-order valence-electron chi connectivity index (χ0n) is 16.2. The largest absolute Gasteiger partial charge is 0.479 e. The third kappa shape index (κ3) is 4.19. The summed E-state index contributed by atoms with van der Waals surface area (Å²) < 4.78 is 43.3. The minimum Gasteiger partial charge on any atom is -0.415 e. The monoisotopic (exact) mass is 423 g/mol. The van der Waals surface area contributed by atoms with E-state index in [1.807, 2.05) is 13.8 Å². The van der Waals surface area contributed by atoms with Crippen LogP contribution < -0.4 is 14.8 Å². The van der Waals surface area contributed by atoms with Crippen LogP contribution >= 0.6 is 12.0 Å². The van der Waals surface area contributed by atoms with Crippen LogP contribution in [0.2, 0.25) is 0 Å². The number of fused-ring (bicyclic) bond motifs is 3. The van der Waals surface area contributed by atoms with Gasteiger partial charge in [-0.2, -0.15) is 18.4 Å². The molecule has 1 aromatic carbocycles. The SMILES string of the molecule is CN(CCC#N)c1c(OSC(F)(F)F)ccc2c1CC(C)(C)c1c(N)ncnc1-2. The molecule has 154 valence electrons. The number of alkyl halides is 3. The number of anilines is 2. The molecular formula is C19H20F3N5OS. The van der Waals surface area contributed by atoms with Gasteiger partial charge in [-0.1, -0.05) is 13.8 Å². The molecule has 1 heterocycles. The Hall–Kier alpha value is -2.67. The molecule has 1 aliphatic carbocycles. The number of nitrogen functional groups attached to an aromatic ring is 1. The van der Waals surface area contributed by atoms with Gasteiger partial charge in [0.25, 0.3) is 0 Å². The van der Waals surface area contributed by atoms with Crippen LogP contribution in [0.15, 0.2) is 18.5 Å². The zero-order chi connectivity index (χ0) is 21.4. The number of halogens is 3. The second-order valence-corrected chi connectivity index (χ2v) is 8.22. The van der Waals surface area contributed by atoms with E-state index in [1.165, 1.54) is 12.4 Å². The van der Waals surface area contributed by atoms with Crippen LogP contribution in [-0.2, 0) is 11.8 Å². The molecule has 6 nitrogen and oxygen atoms in total. The number of benzene rings is 1. The molecule has 3 rings (SSSR count). The lowest BCUT2D eigenvalue weighted by atomic mass is 9.71. The number of nitrogens with two attached hydrogens (primary N) is 1. The highest BCUT2D eigenvalue weighted by molar-refractivity contribution is 7.95. The van der Waals surface area contributed by atoms with E-state index in [9.17, 15) is 13.2 Å². The Bertz CT molecular complexity index is 972. The van der Waals surface area contributed by atoms with Crippen LogP contribution in [0.3, 0.4) is 0 Å². The first kappa shape index (κ1) is 21.0. The minimum absolute atomic E-state index is 0.0905. The van der Waals surface area contributed by atoms with Crippen molar-refractivity contribution in [2.24, 2.45) is 0 Å². The summed E-state index contributed by atoms with van der Waals surface area (Å²) >= 11 is -0.557. The fourth-order valence-electron chi connectivity index (χ4n) is 3.72. The maximum absolute atomic E-state index is 12.7. The number of hydrogen-bond acceptors (Lipinski definition) is 7. The molecule has 10 heteroatoms. The number of rotatable bonds is 5. The van der Waals surface area contributed by atoms with Crippen LogP contribution in [-0.4, -0.2) is 29.1 Å². The first-order valence-corrected chi connectivity index (χ1v) is 9.57. The average molecular weight is 423 g/mol. The number of hydrogen-bond donors (Lipinski definition) is 1. The molecule has 0 saturated carbocycles. The molecule has 0 unspecified atom stereocenters. The molecule has 0 bridgehead atoms. The van der Waals surface area contributed by atoms with E-state index in [0.29, 0.717) is 30.2 Å². The molecule has 0 fully saturated rings. The fraction of sp³-hybridized carbons (Fsp3) is 0.421. The molecule has 0 spiro atoms. The average Bonchev–Trinajstić information content (AvgIpc) is 2.62. The van der Waals surface area contributed by atoms with Gasteiger partial charge >= 0.3 is 5.51 Å². The summed E-state index contributed by atoms with van der Waals surface area (Å²) in [5.41, 5.74) is 4.72. The van der Waals surface area contributed by atoms with Gasteiger partial charge in [0.2, 0.25) is 0 Å². The van der Waals surface area contributed by atoms with Crippen LogP contribution in [0.4, 0.5) is 24.7 Å². The highest BCUT2D eigenvalue weighted by Crippen LogP contribution is 2.50. The number of nitriles is 1. The van der Waals surface area contributed by atoms with Gasteiger partial charge in [0.05, 0.1) is 23.9 Å². The van der Waals surface area contributed by atoms with E-state index in [-0.39, 0.29) is 12.2 Å². The summed E-state index contributed by atoms with van der Waals surface area (Å²) in [6.07, 6.45) is 2.11. The Labute approximate surface area is 171 Å². The van der Waals surface area contributed by atoms with Gasteiger partial charge < -0.3 is 14.8 Å². The normalized spacial score (nSPS) is 14.5. The smallest absolute Gasteiger partial charge is 0.415 e. The summed E-state index contributed by atoms with van der Waals surface area (Å²) in [7, 11) is 1.73. The van der Waals surface area contributed by atoms with Crippen LogP contribution in [0.5, 0.6) is 5.75 Å². The maximum Gasteiger partial charge on any atom is 0.479 e. The van der Waals surface area contributed by atoms with Crippen LogP contribution in [0.1, 0.15) is 31.4 Å². The second kappa shape index (κ2) is 7.63. The van der Waals surface area contributed by atoms with Crippen LogP contribution in [0, 0.1) is 11.3 Å². The van der Waals surface area contributed by atoms with Crippen molar-refractivity contribution < 1.29 is 17.4 Å². The quantitative estimate of drug-likeness (QED) is 0.711. The van der Waals surface area contributed by atoms with Gasteiger partial charge in [0.15, 0.2) is 17.8 Å². The lowest BCUT2D eigenvalue weighted by Gasteiger charge is -2.36. The van der Waals surface area contributed by atoms with E-state index in [1.54, 1.807) is 18.0 Å². The first-order chi connectivity index (χ1) is 13.5. The highest BCUT2D eigenvalue weighted by Gasteiger charge is 2.38. The highest BCUT2D eigenvalue weighted by atomic mass is 32.2. The van der Waals surface area contributed by atoms with Crippen molar-refractivity contribution in [2.45, 2.75) is 37.6 Å². The lowest BCUT2D eigenvalue weighted by molar-refractivity contribution is -0.0369. The lowest BCUT2D eigenvalue weighted by Crippen LogP contribution is -2.30. The van der Waals surface area contributed by atoms with Gasteiger partial charge in [-0.25, -0.2) is 9.97 Å². The van der Waals surface area contributed by atoms with Crippen LogP contribution in [0.25, 0.3) is 11.3 Å².